The molecule has 1 aromatic heterocycles. The number of carbonyl (C=O) groups excluding carboxylic acids is 1. The molecular formula is C19H27FIN5O3S. The molecule has 1 atom stereocenters. The Bertz CT molecular complexity index is 1010. The second-order valence-corrected chi connectivity index (χ2v) is 9.33. The SMILES string of the molecule is CN=C(NCCC(=O)NC1CCS(=O)(=O)C1)NCCc1c[nH]c2ccc(F)cc12.I. The van der Waals surface area contributed by atoms with Gasteiger partial charge in [0.05, 0.1) is 11.5 Å². The summed E-state index contributed by atoms with van der Waals surface area (Å²) in [4.78, 5) is 19.2. The third-order valence-corrected chi connectivity index (χ3v) is 6.65. The Labute approximate surface area is 192 Å². The Morgan fingerprint density at radius 2 is 2.07 bits per heavy atom. The molecule has 11 heteroatoms. The standard InChI is InChI=1S/C19H26FN5O3S.HI/c1-21-19(23-8-5-18(26)25-15-6-9-29(27,28)12-15)22-7-4-13-11-24-17-3-2-14(20)10-16(13)17;/h2-3,10-11,15,24H,4-9,12H2,1H3,(H,25,26)(H2,21,22,23);1H. The van der Waals surface area contributed by atoms with Crippen LogP contribution in [-0.4, -0.2) is 63.0 Å². The lowest BCUT2D eigenvalue weighted by molar-refractivity contribution is -0.121. The van der Waals surface area contributed by atoms with Gasteiger partial charge in [-0.2, -0.15) is 0 Å². The van der Waals surface area contributed by atoms with Crippen LogP contribution in [0.5, 0.6) is 0 Å². The smallest absolute Gasteiger partial charge is 0.222 e. The molecule has 0 spiro atoms. The zero-order valence-electron chi connectivity index (χ0n) is 16.7. The summed E-state index contributed by atoms with van der Waals surface area (Å²) in [6, 6.07) is 4.37. The monoisotopic (exact) mass is 551 g/mol. The summed E-state index contributed by atoms with van der Waals surface area (Å²) in [6.45, 7) is 0.971. The van der Waals surface area contributed by atoms with Crippen molar-refractivity contribution in [1.82, 2.24) is 20.9 Å². The van der Waals surface area contributed by atoms with E-state index < -0.39 is 9.84 Å². The lowest BCUT2D eigenvalue weighted by Gasteiger charge is -2.13. The number of hydrogen-bond acceptors (Lipinski definition) is 4. The second-order valence-electron chi connectivity index (χ2n) is 7.10. The molecule has 1 fully saturated rings. The van der Waals surface area contributed by atoms with Crippen molar-refractivity contribution in [3.63, 3.8) is 0 Å². The molecule has 166 valence electrons. The number of rotatable bonds is 7. The van der Waals surface area contributed by atoms with Crippen LogP contribution >= 0.6 is 24.0 Å². The Morgan fingerprint density at radius 3 is 2.77 bits per heavy atom. The maximum absolute atomic E-state index is 13.4. The maximum atomic E-state index is 13.4. The summed E-state index contributed by atoms with van der Waals surface area (Å²) >= 11 is 0. The van der Waals surface area contributed by atoms with Crippen LogP contribution in [-0.2, 0) is 21.1 Å². The van der Waals surface area contributed by atoms with E-state index >= 15 is 0 Å². The quantitative estimate of drug-likeness (QED) is 0.236. The van der Waals surface area contributed by atoms with Crippen molar-refractivity contribution in [1.29, 1.82) is 0 Å². The van der Waals surface area contributed by atoms with E-state index in [4.69, 9.17) is 0 Å². The highest BCUT2D eigenvalue weighted by Crippen LogP contribution is 2.19. The number of guanidine groups is 1. The molecular weight excluding hydrogens is 524 g/mol. The van der Waals surface area contributed by atoms with Gasteiger partial charge in [0.15, 0.2) is 15.8 Å². The van der Waals surface area contributed by atoms with Gasteiger partial charge in [-0.15, -0.1) is 24.0 Å². The maximum Gasteiger partial charge on any atom is 0.222 e. The van der Waals surface area contributed by atoms with E-state index in [0.29, 0.717) is 31.9 Å². The number of fused-ring (bicyclic) bond motifs is 1. The van der Waals surface area contributed by atoms with Crippen molar-refractivity contribution < 1.29 is 17.6 Å². The molecule has 1 amide bonds. The van der Waals surface area contributed by atoms with Crippen molar-refractivity contribution in [2.45, 2.75) is 25.3 Å². The third kappa shape index (κ3) is 6.83. The van der Waals surface area contributed by atoms with Crippen LogP contribution in [0.3, 0.4) is 0 Å². The zero-order chi connectivity index (χ0) is 20.9. The minimum atomic E-state index is -3.01. The number of carbonyl (C=O) groups is 1. The Hall–Kier alpha value is -1.89. The van der Waals surface area contributed by atoms with Crippen molar-refractivity contribution in [3.8, 4) is 0 Å². The molecule has 0 saturated carbocycles. The van der Waals surface area contributed by atoms with Crippen LogP contribution in [0.2, 0.25) is 0 Å². The van der Waals surface area contributed by atoms with Crippen molar-refractivity contribution in [2.24, 2.45) is 4.99 Å². The molecule has 0 bridgehead atoms. The van der Waals surface area contributed by atoms with Gasteiger partial charge in [-0.25, -0.2) is 12.8 Å². The summed E-state index contributed by atoms with van der Waals surface area (Å²) in [5, 5.41) is 9.84. The number of nitrogens with one attached hydrogen (secondary N) is 4. The van der Waals surface area contributed by atoms with Gasteiger partial charge in [0.1, 0.15) is 5.82 Å². The molecule has 3 rings (SSSR count). The van der Waals surface area contributed by atoms with E-state index in [1.807, 2.05) is 6.20 Å². The van der Waals surface area contributed by atoms with Crippen LogP contribution in [0.15, 0.2) is 29.4 Å². The Morgan fingerprint density at radius 1 is 1.30 bits per heavy atom. The topological polar surface area (TPSA) is 115 Å². The van der Waals surface area contributed by atoms with E-state index in [1.54, 1.807) is 13.1 Å². The predicted molar refractivity (Wildman–Crippen MR) is 127 cm³/mol. The van der Waals surface area contributed by atoms with Gasteiger partial charge in [-0.3, -0.25) is 9.79 Å². The van der Waals surface area contributed by atoms with Crippen LogP contribution < -0.4 is 16.0 Å². The fourth-order valence-electron chi connectivity index (χ4n) is 3.40. The van der Waals surface area contributed by atoms with Crippen molar-refractivity contribution >= 4 is 56.6 Å². The number of H-pyrrole nitrogens is 1. The number of aliphatic imine (C=N–C) groups is 1. The predicted octanol–water partition coefficient (Wildman–Crippen LogP) is 1.33. The zero-order valence-corrected chi connectivity index (χ0v) is 19.8. The van der Waals surface area contributed by atoms with Gasteiger partial charge in [-0.05, 0) is 36.6 Å². The summed E-state index contributed by atoms with van der Waals surface area (Å²) in [5.74, 6) is 0.267. The molecule has 4 N–H and O–H groups in total. The highest BCUT2D eigenvalue weighted by molar-refractivity contribution is 14.0. The van der Waals surface area contributed by atoms with Crippen LogP contribution in [0.4, 0.5) is 4.39 Å². The van der Waals surface area contributed by atoms with E-state index in [2.05, 4.69) is 25.9 Å². The Kier molecular flexibility index (Phi) is 8.89. The van der Waals surface area contributed by atoms with E-state index in [-0.39, 0.29) is 59.7 Å². The number of benzene rings is 1. The lowest BCUT2D eigenvalue weighted by Crippen LogP contribution is -2.41. The average molecular weight is 551 g/mol. The fraction of sp³-hybridized carbons (Fsp3) is 0.474. The molecule has 0 radical (unpaired) electrons. The molecule has 1 aromatic carbocycles. The number of halogens is 2. The lowest BCUT2D eigenvalue weighted by atomic mass is 10.1. The van der Waals surface area contributed by atoms with Crippen LogP contribution in [0, 0.1) is 5.82 Å². The van der Waals surface area contributed by atoms with E-state index in [1.165, 1.54) is 12.1 Å². The van der Waals surface area contributed by atoms with Gasteiger partial charge in [0.2, 0.25) is 5.91 Å². The first kappa shape index (κ1) is 24.4. The van der Waals surface area contributed by atoms with E-state index in [9.17, 15) is 17.6 Å². The number of sulfone groups is 1. The third-order valence-electron chi connectivity index (χ3n) is 4.88. The normalized spacial score (nSPS) is 18.1. The van der Waals surface area contributed by atoms with Gasteiger partial charge in [0, 0.05) is 49.7 Å². The minimum Gasteiger partial charge on any atom is -0.361 e. The molecule has 1 aliphatic rings. The summed E-state index contributed by atoms with van der Waals surface area (Å²) in [6.07, 6.45) is 3.25. The molecule has 8 nitrogen and oxygen atoms in total. The van der Waals surface area contributed by atoms with Gasteiger partial charge < -0.3 is 20.9 Å². The highest BCUT2D eigenvalue weighted by Gasteiger charge is 2.28. The van der Waals surface area contributed by atoms with Gasteiger partial charge in [-0.1, -0.05) is 0 Å². The van der Waals surface area contributed by atoms with Crippen LogP contribution in [0.1, 0.15) is 18.4 Å². The molecule has 2 aromatic rings. The molecule has 1 unspecified atom stereocenters. The van der Waals surface area contributed by atoms with Gasteiger partial charge in [0.25, 0.3) is 0 Å². The number of nitrogens with zero attached hydrogens (tertiary/aromatic N) is 1. The molecule has 2 heterocycles. The summed E-state index contributed by atoms with van der Waals surface area (Å²) in [5.41, 5.74) is 1.90. The first-order valence-electron chi connectivity index (χ1n) is 9.56. The second kappa shape index (κ2) is 10.9. The molecule has 0 aliphatic carbocycles. The Balaban J connectivity index is 0.00000320. The van der Waals surface area contributed by atoms with E-state index in [0.717, 1.165) is 16.5 Å². The molecule has 1 saturated heterocycles. The highest BCUT2D eigenvalue weighted by atomic mass is 127. The van der Waals surface area contributed by atoms with Crippen molar-refractivity contribution in [2.75, 3.05) is 31.6 Å². The molecule has 30 heavy (non-hydrogen) atoms. The number of hydrogen-bond donors (Lipinski definition) is 4. The summed E-state index contributed by atoms with van der Waals surface area (Å²) in [7, 11) is -1.37. The summed E-state index contributed by atoms with van der Waals surface area (Å²) < 4.78 is 36.3. The van der Waals surface area contributed by atoms with Crippen molar-refractivity contribution in [3.05, 3.63) is 35.8 Å². The average Bonchev–Trinajstić information content (AvgIpc) is 3.22. The number of aromatic nitrogens is 1. The minimum absolute atomic E-state index is 0. The molecule has 1 aliphatic heterocycles. The number of aromatic amines is 1. The largest absolute Gasteiger partial charge is 0.361 e. The first-order chi connectivity index (χ1) is 13.9. The fourth-order valence-corrected chi connectivity index (χ4v) is 5.07. The van der Waals surface area contributed by atoms with Gasteiger partial charge >= 0.3 is 0 Å². The first-order valence-corrected chi connectivity index (χ1v) is 11.4. The number of amides is 1. The van der Waals surface area contributed by atoms with Crippen LogP contribution in [0.25, 0.3) is 10.9 Å².